The molecule has 0 spiro atoms. The normalized spacial score (nSPS) is 23.1. The highest BCUT2D eigenvalue weighted by atomic mass is 35.5. The van der Waals surface area contributed by atoms with Crippen molar-refractivity contribution < 1.29 is 14.6 Å². The molecule has 2 heterocycles. The number of nitrogens with zero attached hydrogens (tertiary/aromatic N) is 1. The van der Waals surface area contributed by atoms with E-state index in [9.17, 15) is 9.90 Å². The lowest BCUT2D eigenvalue weighted by molar-refractivity contribution is 0.0927. The number of β-amino-alcohol motifs (C(OH)–C–C–N with tert-alkyl or cyclic N) is 1. The fourth-order valence-electron chi connectivity index (χ4n) is 2.90. The summed E-state index contributed by atoms with van der Waals surface area (Å²) in [6.07, 6.45) is -0.371. The van der Waals surface area contributed by atoms with Gasteiger partial charge in [-0.15, -0.1) is 24.8 Å². The van der Waals surface area contributed by atoms with Crippen molar-refractivity contribution in [2.75, 3.05) is 50.8 Å². The lowest BCUT2D eigenvalue weighted by Gasteiger charge is -2.28. The molecule has 8 heteroatoms. The molecule has 6 nitrogen and oxygen atoms in total. The molecule has 2 saturated heterocycles. The van der Waals surface area contributed by atoms with Crippen molar-refractivity contribution in [3.8, 4) is 0 Å². The number of carbonyl (C=O) groups is 1. The van der Waals surface area contributed by atoms with Crippen LogP contribution in [0, 0.1) is 5.92 Å². The van der Waals surface area contributed by atoms with E-state index in [0.29, 0.717) is 18.7 Å². The number of ether oxygens (including phenoxy) is 1. The SMILES string of the molecule is Cl.Cl.O=C(NCC1CNCC1O)c1ccc(N2CCOCC2)cc1. The second kappa shape index (κ2) is 10.1. The van der Waals surface area contributed by atoms with Crippen molar-refractivity contribution in [2.24, 2.45) is 5.92 Å². The minimum absolute atomic E-state index is 0. The molecule has 3 N–H and O–H groups in total. The Morgan fingerprint density at radius 2 is 1.88 bits per heavy atom. The average molecular weight is 378 g/mol. The number of benzene rings is 1. The van der Waals surface area contributed by atoms with Crippen LogP contribution in [-0.4, -0.2) is 63.1 Å². The zero-order chi connectivity index (χ0) is 15.4. The second-order valence-electron chi connectivity index (χ2n) is 5.84. The highest BCUT2D eigenvalue weighted by Crippen LogP contribution is 2.16. The number of aliphatic hydroxyl groups is 1. The van der Waals surface area contributed by atoms with E-state index in [0.717, 1.165) is 38.5 Å². The van der Waals surface area contributed by atoms with Crippen molar-refractivity contribution in [3.63, 3.8) is 0 Å². The highest BCUT2D eigenvalue weighted by molar-refractivity contribution is 5.94. The van der Waals surface area contributed by atoms with Gasteiger partial charge in [0, 0.05) is 49.9 Å². The smallest absolute Gasteiger partial charge is 0.251 e. The van der Waals surface area contributed by atoms with Gasteiger partial charge in [-0.05, 0) is 24.3 Å². The van der Waals surface area contributed by atoms with Crippen LogP contribution < -0.4 is 15.5 Å². The van der Waals surface area contributed by atoms with Crippen LogP contribution in [0.4, 0.5) is 5.69 Å². The fourth-order valence-corrected chi connectivity index (χ4v) is 2.90. The quantitative estimate of drug-likeness (QED) is 0.719. The summed E-state index contributed by atoms with van der Waals surface area (Å²) in [4.78, 5) is 14.4. The van der Waals surface area contributed by atoms with Gasteiger partial charge < -0.3 is 25.4 Å². The molecule has 3 rings (SSSR count). The zero-order valence-electron chi connectivity index (χ0n) is 13.4. The summed E-state index contributed by atoms with van der Waals surface area (Å²) < 4.78 is 5.34. The Morgan fingerprint density at radius 1 is 1.21 bits per heavy atom. The summed E-state index contributed by atoms with van der Waals surface area (Å²) in [6, 6.07) is 7.66. The van der Waals surface area contributed by atoms with Crippen molar-refractivity contribution in [1.82, 2.24) is 10.6 Å². The van der Waals surface area contributed by atoms with E-state index in [-0.39, 0.29) is 42.7 Å². The van der Waals surface area contributed by atoms with Gasteiger partial charge in [-0.25, -0.2) is 0 Å². The average Bonchev–Trinajstić information content (AvgIpc) is 2.99. The lowest BCUT2D eigenvalue weighted by atomic mass is 10.1. The number of nitrogens with one attached hydrogen (secondary N) is 2. The van der Waals surface area contributed by atoms with E-state index < -0.39 is 0 Å². The standard InChI is InChI=1S/C16H23N3O3.2ClH/c20-15-11-17-9-13(15)10-18-16(21)12-1-3-14(4-2-12)19-5-7-22-8-6-19;;/h1-4,13,15,17,20H,5-11H2,(H,18,21);2*1H. The van der Waals surface area contributed by atoms with Crippen LogP contribution in [0.3, 0.4) is 0 Å². The first kappa shape index (κ1) is 21.0. The monoisotopic (exact) mass is 377 g/mol. The van der Waals surface area contributed by atoms with E-state index >= 15 is 0 Å². The summed E-state index contributed by atoms with van der Waals surface area (Å²) in [5.41, 5.74) is 1.77. The molecule has 24 heavy (non-hydrogen) atoms. The van der Waals surface area contributed by atoms with Crippen molar-refractivity contribution >= 4 is 36.4 Å². The van der Waals surface area contributed by atoms with Crippen LogP contribution in [-0.2, 0) is 4.74 Å². The van der Waals surface area contributed by atoms with Crippen LogP contribution >= 0.6 is 24.8 Å². The van der Waals surface area contributed by atoms with E-state index in [4.69, 9.17) is 4.74 Å². The molecule has 0 aliphatic carbocycles. The molecule has 1 amide bonds. The van der Waals surface area contributed by atoms with Gasteiger partial charge in [-0.1, -0.05) is 0 Å². The van der Waals surface area contributed by atoms with Gasteiger partial charge in [-0.2, -0.15) is 0 Å². The van der Waals surface area contributed by atoms with Gasteiger partial charge in [-0.3, -0.25) is 4.79 Å². The summed E-state index contributed by atoms with van der Waals surface area (Å²) in [7, 11) is 0. The predicted octanol–water partition coefficient (Wildman–Crippen LogP) is 0.677. The van der Waals surface area contributed by atoms with Crippen LogP contribution in [0.15, 0.2) is 24.3 Å². The maximum absolute atomic E-state index is 12.1. The van der Waals surface area contributed by atoms with Crippen LogP contribution in [0.1, 0.15) is 10.4 Å². The largest absolute Gasteiger partial charge is 0.391 e. The van der Waals surface area contributed by atoms with E-state index in [1.54, 1.807) is 0 Å². The molecule has 2 aliphatic heterocycles. The summed E-state index contributed by atoms with van der Waals surface area (Å²) >= 11 is 0. The molecule has 1 aromatic rings. The minimum Gasteiger partial charge on any atom is -0.391 e. The summed E-state index contributed by atoms with van der Waals surface area (Å²) in [5.74, 6) is 0.00389. The number of morpholine rings is 1. The van der Waals surface area contributed by atoms with Crippen molar-refractivity contribution in [3.05, 3.63) is 29.8 Å². The first-order chi connectivity index (χ1) is 10.7. The molecule has 0 aromatic heterocycles. The Morgan fingerprint density at radius 3 is 2.46 bits per heavy atom. The number of rotatable bonds is 4. The van der Waals surface area contributed by atoms with Crippen molar-refractivity contribution in [1.29, 1.82) is 0 Å². The Labute approximate surface area is 154 Å². The number of carbonyl (C=O) groups excluding carboxylic acids is 1. The van der Waals surface area contributed by atoms with Crippen molar-refractivity contribution in [2.45, 2.75) is 6.10 Å². The second-order valence-corrected chi connectivity index (χ2v) is 5.84. The summed E-state index contributed by atoms with van der Waals surface area (Å²) in [5, 5.41) is 15.7. The Bertz CT molecular complexity index is 510. The third-order valence-electron chi connectivity index (χ3n) is 4.33. The fraction of sp³-hybridized carbons (Fsp3) is 0.562. The van der Waals surface area contributed by atoms with Gasteiger partial charge in [0.25, 0.3) is 5.91 Å². The molecule has 2 atom stereocenters. The molecule has 2 aliphatic rings. The molecule has 136 valence electrons. The minimum atomic E-state index is -0.371. The topological polar surface area (TPSA) is 73.8 Å². The molecule has 2 fully saturated rings. The molecule has 2 unspecified atom stereocenters. The van der Waals surface area contributed by atoms with Crippen LogP contribution in [0.25, 0.3) is 0 Å². The molecular formula is C16H25Cl2N3O3. The van der Waals surface area contributed by atoms with Gasteiger partial charge in [0.15, 0.2) is 0 Å². The number of hydrogen-bond donors (Lipinski definition) is 3. The van der Waals surface area contributed by atoms with Crippen LogP contribution in [0.2, 0.25) is 0 Å². The maximum atomic E-state index is 12.1. The van der Waals surface area contributed by atoms with E-state index in [1.165, 1.54) is 0 Å². The van der Waals surface area contributed by atoms with Gasteiger partial charge in [0.1, 0.15) is 0 Å². The number of amides is 1. The number of aliphatic hydroxyl groups excluding tert-OH is 1. The Kier molecular flexibility index (Phi) is 8.80. The maximum Gasteiger partial charge on any atom is 0.251 e. The number of anilines is 1. The van der Waals surface area contributed by atoms with Crippen LogP contribution in [0.5, 0.6) is 0 Å². The van der Waals surface area contributed by atoms with E-state index in [1.807, 2.05) is 24.3 Å². The predicted molar refractivity (Wildman–Crippen MR) is 98.7 cm³/mol. The molecule has 1 aromatic carbocycles. The van der Waals surface area contributed by atoms with E-state index in [2.05, 4.69) is 15.5 Å². The Hall–Kier alpha value is -1.05. The molecular weight excluding hydrogens is 353 g/mol. The number of hydrogen-bond acceptors (Lipinski definition) is 5. The first-order valence-electron chi connectivity index (χ1n) is 7.84. The first-order valence-corrected chi connectivity index (χ1v) is 7.84. The zero-order valence-corrected chi connectivity index (χ0v) is 15.1. The van der Waals surface area contributed by atoms with Gasteiger partial charge in [0.2, 0.25) is 0 Å². The van der Waals surface area contributed by atoms with Gasteiger partial charge >= 0.3 is 0 Å². The lowest BCUT2D eigenvalue weighted by Crippen LogP contribution is -2.36. The molecule has 0 bridgehead atoms. The highest BCUT2D eigenvalue weighted by Gasteiger charge is 2.25. The number of halogens is 2. The molecule has 0 saturated carbocycles. The summed E-state index contributed by atoms with van der Waals surface area (Å²) in [6.45, 7) is 5.13. The third kappa shape index (κ3) is 5.22. The van der Waals surface area contributed by atoms with Gasteiger partial charge in [0.05, 0.1) is 19.3 Å². The Balaban J connectivity index is 0.00000144. The molecule has 0 radical (unpaired) electrons. The third-order valence-corrected chi connectivity index (χ3v) is 4.33.